The smallest absolute Gasteiger partial charge is 0.126 e. The fourth-order valence-corrected chi connectivity index (χ4v) is 3.09. The summed E-state index contributed by atoms with van der Waals surface area (Å²) in [4.78, 5) is 4.65. The Labute approximate surface area is 135 Å². The van der Waals surface area contributed by atoms with Crippen LogP contribution < -0.4 is 10.1 Å². The highest BCUT2D eigenvalue weighted by Crippen LogP contribution is 2.45. The van der Waals surface area contributed by atoms with Crippen molar-refractivity contribution < 1.29 is 4.74 Å². The quantitative estimate of drug-likeness (QED) is 0.861. The van der Waals surface area contributed by atoms with Crippen LogP contribution in [0.2, 0.25) is 0 Å². The summed E-state index contributed by atoms with van der Waals surface area (Å²) in [5.41, 5.74) is 4.32. The van der Waals surface area contributed by atoms with Gasteiger partial charge in [0.05, 0.1) is 12.3 Å². The molecule has 0 radical (unpaired) electrons. The van der Waals surface area contributed by atoms with Crippen LogP contribution in [0.15, 0.2) is 18.3 Å². The molecule has 0 atom stereocenters. The van der Waals surface area contributed by atoms with Crippen LogP contribution in [0.25, 0.3) is 11.4 Å². The highest BCUT2D eigenvalue weighted by Gasteiger charge is 2.29. The molecule has 0 spiro atoms. The van der Waals surface area contributed by atoms with Gasteiger partial charge in [0.25, 0.3) is 0 Å². The zero-order valence-electron chi connectivity index (χ0n) is 13.2. The van der Waals surface area contributed by atoms with Crippen LogP contribution in [0, 0.1) is 5.92 Å². The maximum absolute atomic E-state index is 6.12. The van der Waals surface area contributed by atoms with E-state index in [0.717, 1.165) is 42.8 Å². The third-order valence-corrected chi connectivity index (χ3v) is 5.17. The van der Waals surface area contributed by atoms with E-state index in [2.05, 4.69) is 32.6 Å². The van der Waals surface area contributed by atoms with E-state index >= 15 is 0 Å². The summed E-state index contributed by atoms with van der Waals surface area (Å²) in [6, 6.07) is 4.23. The first-order valence-electron chi connectivity index (χ1n) is 8.76. The third kappa shape index (κ3) is 2.74. The number of aromatic amines is 1. The zero-order valence-corrected chi connectivity index (χ0v) is 13.2. The Kier molecular flexibility index (Phi) is 3.14. The van der Waals surface area contributed by atoms with Gasteiger partial charge in [0.1, 0.15) is 11.4 Å². The van der Waals surface area contributed by atoms with Gasteiger partial charge in [-0.3, -0.25) is 10.1 Å². The summed E-state index contributed by atoms with van der Waals surface area (Å²) in [7, 11) is 0. The normalized spacial score (nSPS) is 21.2. The highest BCUT2D eigenvalue weighted by atomic mass is 16.5. The minimum atomic E-state index is 0.563. The van der Waals surface area contributed by atoms with Gasteiger partial charge in [0, 0.05) is 42.5 Å². The van der Waals surface area contributed by atoms with Crippen molar-refractivity contribution in [2.24, 2.45) is 5.92 Å². The topological polar surface area (TPSA) is 62.8 Å². The molecule has 3 heterocycles. The molecular weight excluding hydrogens is 288 g/mol. The molecule has 3 aliphatic rings. The van der Waals surface area contributed by atoms with Crippen LogP contribution in [0.5, 0.6) is 5.75 Å². The minimum absolute atomic E-state index is 0.563. The van der Waals surface area contributed by atoms with Crippen molar-refractivity contribution in [3.63, 3.8) is 0 Å². The van der Waals surface area contributed by atoms with Gasteiger partial charge < -0.3 is 10.1 Å². The largest absolute Gasteiger partial charge is 0.493 e. The molecule has 0 aromatic carbocycles. The van der Waals surface area contributed by atoms with Gasteiger partial charge in [-0.05, 0) is 43.6 Å². The molecule has 23 heavy (non-hydrogen) atoms. The average molecular weight is 310 g/mol. The summed E-state index contributed by atoms with van der Waals surface area (Å²) in [5, 5.41) is 10.9. The number of hydrogen-bond acceptors (Lipinski definition) is 4. The maximum atomic E-state index is 6.12. The molecule has 0 unspecified atom stereocenters. The average Bonchev–Trinajstić information content (AvgIpc) is 3.43. The van der Waals surface area contributed by atoms with Crippen LogP contribution in [-0.2, 0) is 0 Å². The fraction of sp³-hybridized carbons (Fsp3) is 0.556. The van der Waals surface area contributed by atoms with Crippen molar-refractivity contribution in [3.05, 3.63) is 29.6 Å². The Morgan fingerprint density at radius 1 is 1.04 bits per heavy atom. The van der Waals surface area contributed by atoms with Crippen LogP contribution in [0.4, 0.5) is 0 Å². The van der Waals surface area contributed by atoms with E-state index in [-0.39, 0.29) is 0 Å². The second kappa shape index (κ2) is 5.34. The molecular formula is C18H22N4O. The summed E-state index contributed by atoms with van der Waals surface area (Å²) in [5.74, 6) is 3.01. The third-order valence-electron chi connectivity index (χ3n) is 5.17. The van der Waals surface area contributed by atoms with E-state index in [4.69, 9.17) is 4.74 Å². The second-order valence-corrected chi connectivity index (χ2v) is 7.20. The van der Waals surface area contributed by atoms with E-state index < -0.39 is 0 Å². The van der Waals surface area contributed by atoms with Gasteiger partial charge >= 0.3 is 0 Å². The van der Waals surface area contributed by atoms with Gasteiger partial charge in [-0.1, -0.05) is 0 Å². The van der Waals surface area contributed by atoms with Crippen molar-refractivity contribution in [2.75, 3.05) is 19.7 Å². The fourth-order valence-electron chi connectivity index (χ4n) is 3.09. The van der Waals surface area contributed by atoms with Crippen molar-refractivity contribution in [1.29, 1.82) is 0 Å². The molecule has 5 rings (SSSR count). The molecule has 1 aliphatic heterocycles. The molecule has 5 nitrogen and oxygen atoms in total. The molecule has 3 fully saturated rings. The molecule has 2 aromatic heterocycles. The number of nitrogens with zero attached hydrogens (tertiary/aromatic N) is 2. The lowest BCUT2D eigenvalue weighted by Crippen LogP contribution is -2.40. The van der Waals surface area contributed by atoms with Gasteiger partial charge in [0.2, 0.25) is 0 Å². The molecule has 2 aromatic rings. The Morgan fingerprint density at radius 3 is 2.61 bits per heavy atom. The van der Waals surface area contributed by atoms with E-state index in [1.807, 2.05) is 6.20 Å². The minimum Gasteiger partial charge on any atom is -0.493 e. The number of rotatable bonds is 6. The molecule has 0 bridgehead atoms. The van der Waals surface area contributed by atoms with Crippen molar-refractivity contribution in [2.45, 2.75) is 37.5 Å². The summed E-state index contributed by atoms with van der Waals surface area (Å²) >= 11 is 0. The predicted octanol–water partition coefficient (Wildman–Crippen LogP) is 2.82. The molecule has 120 valence electrons. The van der Waals surface area contributed by atoms with E-state index in [1.54, 1.807) is 0 Å². The lowest BCUT2D eigenvalue weighted by Gasteiger charge is -2.25. The van der Waals surface area contributed by atoms with Gasteiger partial charge in [-0.2, -0.15) is 5.10 Å². The maximum Gasteiger partial charge on any atom is 0.126 e. The van der Waals surface area contributed by atoms with Crippen molar-refractivity contribution in [3.8, 4) is 17.1 Å². The number of pyridine rings is 1. The van der Waals surface area contributed by atoms with Gasteiger partial charge in [-0.15, -0.1) is 0 Å². The summed E-state index contributed by atoms with van der Waals surface area (Å²) < 4.78 is 6.12. The van der Waals surface area contributed by atoms with E-state index in [9.17, 15) is 0 Å². The van der Waals surface area contributed by atoms with E-state index in [1.165, 1.54) is 36.9 Å². The molecule has 1 saturated heterocycles. The molecule has 5 heteroatoms. The Balaban J connectivity index is 1.42. The Bertz CT molecular complexity index is 714. The monoisotopic (exact) mass is 310 g/mol. The van der Waals surface area contributed by atoms with Crippen LogP contribution in [0.1, 0.15) is 48.8 Å². The molecule has 2 saturated carbocycles. The molecule has 2 aliphatic carbocycles. The number of ether oxygens (including phenoxy) is 1. The lowest BCUT2D eigenvalue weighted by atomic mass is 9.99. The summed E-state index contributed by atoms with van der Waals surface area (Å²) in [6.07, 6.45) is 7.17. The predicted molar refractivity (Wildman–Crippen MR) is 87.6 cm³/mol. The number of aromatic nitrogens is 3. The standard InChI is InChI=1S/C18H22N4O/c1-2-11(1)10-23-18-6-16(20-9-14(18)12-3-4-12)17-5-15(21-22-17)13-7-19-8-13/h5-6,9,11-13,19H,1-4,7-8,10H2,(H,21,22). The molecule has 0 amide bonds. The first-order valence-corrected chi connectivity index (χ1v) is 8.76. The zero-order chi connectivity index (χ0) is 15.2. The first kappa shape index (κ1) is 13.5. The SMILES string of the molecule is c1c(-c2cc(OCC3CC3)c(C3CC3)cn2)n[nH]c1C1CNC1. The lowest BCUT2D eigenvalue weighted by molar-refractivity contribution is 0.296. The van der Waals surface area contributed by atoms with Gasteiger partial charge in [-0.25, -0.2) is 0 Å². The highest BCUT2D eigenvalue weighted by molar-refractivity contribution is 5.58. The first-order chi connectivity index (χ1) is 11.4. The number of hydrogen-bond donors (Lipinski definition) is 2. The Hall–Kier alpha value is -1.88. The molecule has 2 N–H and O–H groups in total. The van der Waals surface area contributed by atoms with E-state index in [0.29, 0.717) is 11.8 Å². The second-order valence-electron chi connectivity index (χ2n) is 7.20. The van der Waals surface area contributed by atoms with Crippen molar-refractivity contribution in [1.82, 2.24) is 20.5 Å². The summed E-state index contributed by atoms with van der Waals surface area (Å²) in [6.45, 7) is 2.92. The van der Waals surface area contributed by atoms with Crippen LogP contribution in [-0.4, -0.2) is 34.9 Å². The number of nitrogens with one attached hydrogen (secondary N) is 2. The van der Waals surface area contributed by atoms with Crippen molar-refractivity contribution >= 4 is 0 Å². The van der Waals surface area contributed by atoms with Gasteiger partial charge in [0.15, 0.2) is 0 Å². The van der Waals surface area contributed by atoms with Crippen LogP contribution in [0.3, 0.4) is 0 Å². The number of H-pyrrole nitrogens is 1. The van der Waals surface area contributed by atoms with Crippen LogP contribution >= 0.6 is 0 Å². The Morgan fingerprint density at radius 2 is 1.91 bits per heavy atom.